The zero-order valence-corrected chi connectivity index (χ0v) is 17.3. The van der Waals surface area contributed by atoms with Crippen molar-refractivity contribution < 1.29 is 19.0 Å². The van der Waals surface area contributed by atoms with Crippen LogP contribution in [0.1, 0.15) is 12.0 Å². The summed E-state index contributed by atoms with van der Waals surface area (Å²) in [6.07, 6.45) is 2.58. The van der Waals surface area contributed by atoms with Crippen molar-refractivity contribution >= 4 is 40.3 Å². The number of benzene rings is 2. The van der Waals surface area contributed by atoms with E-state index in [4.69, 9.17) is 26.4 Å². The number of rotatable bonds is 8. The molecule has 0 radical (unpaired) electrons. The first-order valence-corrected chi connectivity index (χ1v) is 10.0. The molecule has 0 saturated carbocycles. The van der Waals surface area contributed by atoms with Gasteiger partial charge in [0, 0.05) is 19.5 Å². The number of hydrogen-bond acceptors (Lipinski definition) is 6. The standard InChI is InChI=1S/C21H21NO4S2/c1-22-20(23)19(28-21(22)27)13-15-6-3-8-17(12-15)25-10-5-11-26-18-9-4-7-16(14-18)24-2/h3-4,6-9,12-14H,5,10-11H2,1-2H3/b19-13-. The van der Waals surface area contributed by atoms with E-state index in [9.17, 15) is 4.79 Å². The van der Waals surface area contributed by atoms with E-state index in [2.05, 4.69) is 0 Å². The number of thioether (sulfide) groups is 1. The maximum Gasteiger partial charge on any atom is 0.265 e. The Balaban J connectivity index is 1.48. The molecule has 28 heavy (non-hydrogen) atoms. The SMILES string of the molecule is COc1cccc(OCCCOc2cccc(/C=C3\SC(=S)N(C)C3=O)c2)c1. The Morgan fingerprint density at radius 2 is 1.68 bits per heavy atom. The zero-order chi connectivity index (χ0) is 19.9. The predicted molar refractivity (Wildman–Crippen MR) is 116 cm³/mol. The van der Waals surface area contributed by atoms with Crippen molar-refractivity contribution in [2.45, 2.75) is 6.42 Å². The Hall–Kier alpha value is -2.51. The number of likely N-dealkylation sites (N-methyl/N-ethyl adjacent to an activating group) is 1. The van der Waals surface area contributed by atoms with Crippen molar-refractivity contribution in [3.63, 3.8) is 0 Å². The maximum atomic E-state index is 12.1. The monoisotopic (exact) mass is 415 g/mol. The predicted octanol–water partition coefficient (Wildman–Crippen LogP) is 4.37. The van der Waals surface area contributed by atoms with E-state index in [1.807, 2.05) is 54.6 Å². The van der Waals surface area contributed by atoms with Gasteiger partial charge in [-0.05, 0) is 35.9 Å². The van der Waals surface area contributed by atoms with Crippen LogP contribution in [0, 0.1) is 0 Å². The van der Waals surface area contributed by atoms with E-state index >= 15 is 0 Å². The van der Waals surface area contributed by atoms with E-state index in [1.165, 1.54) is 16.7 Å². The molecule has 1 fully saturated rings. The number of hydrogen-bond donors (Lipinski definition) is 0. The van der Waals surface area contributed by atoms with Crippen LogP contribution in [0.15, 0.2) is 53.4 Å². The van der Waals surface area contributed by atoms with E-state index < -0.39 is 0 Å². The second-order valence-electron chi connectivity index (χ2n) is 6.04. The summed E-state index contributed by atoms with van der Waals surface area (Å²) in [5.41, 5.74) is 0.902. The van der Waals surface area contributed by atoms with Crippen molar-refractivity contribution in [1.29, 1.82) is 0 Å². The van der Waals surface area contributed by atoms with Crippen molar-refractivity contribution in [3.05, 3.63) is 59.0 Å². The lowest BCUT2D eigenvalue weighted by atomic mass is 10.2. The number of methoxy groups -OCH3 is 1. The van der Waals surface area contributed by atoms with Gasteiger partial charge in [0.05, 0.1) is 25.2 Å². The Bertz CT molecular complexity index is 897. The van der Waals surface area contributed by atoms with Crippen LogP contribution in [0.5, 0.6) is 17.2 Å². The normalized spacial score (nSPS) is 15.2. The molecular formula is C21H21NO4S2. The summed E-state index contributed by atoms with van der Waals surface area (Å²) in [4.78, 5) is 14.2. The third kappa shape index (κ3) is 5.27. The molecule has 0 N–H and O–H groups in total. The molecule has 2 aromatic carbocycles. The van der Waals surface area contributed by atoms with Crippen LogP contribution in [0.4, 0.5) is 0 Å². The summed E-state index contributed by atoms with van der Waals surface area (Å²) in [6.45, 7) is 1.08. The molecule has 7 heteroatoms. The van der Waals surface area contributed by atoms with Crippen LogP contribution in [0.2, 0.25) is 0 Å². The van der Waals surface area contributed by atoms with Crippen LogP contribution in [-0.4, -0.2) is 42.5 Å². The van der Waals surface area contributed by atoms with E-state index in [0.29, 0.717) is 22.4 Å². The van der Waals surface area contributed by atoms with Crippen molar-refractivity contribution in [2.75, 3.05) is 27.4 Å². The minimum atomic E-state index is -0.0731. The Morgan fingerprint density at radius 3 is 2.32 bits per heavy atom. The van der Waals surface area contributed by atoms with Gasteiger partial charge in [0.1, 0.15) is 21.6 Å². The molecule has 0 unspecified atom stereocenters. The van der Waals surface area contributed by atoms with Gasteiger partial charge in [0.25, 0.3) is 5.91 Å². The number of amides is 1. The summed E-state index contributed by atoms with van der Waals surface area (Å²) in [5, 5.41) is 0. The minimum absolute atomic E-state index is 0.0731. The lowest BCUT2D eigenvalue weighted by Crippen LogP contribution is -2.22. The molecule has 0 aliphatic carbocycles. The Kier molecular flexibility index (Phi) is 6.95. The maximum absolute atomic E-state index is 12.1. The first kappa shape index (κ1) is 20.2. The van der Waals surface area contributed by atoms with Crippen LogP contribution in [0.25, 0.3) is 6.08 Å². The second-order valence-corrected chi connectivity index (χ2v) is 7.72. The van der Waals surface area contributed by atoms with Crippen molar-refractivity contribution in [3.8, 4) is 17.2 Å². The number of carbonyl (C=O) groups is 1. The smallest absolute Gasteiger partial charge is 0.265 e. The quantitative estimate of drug-likeness (QED) is 0.362. The van der Waals surface area contributed by atoms with Crippen LogP contribution in [0.3, 0.4) is 0 Å². The summed E-state index contributed by atoms with van der Waals surface area (Å²) in [6, 6.07) is 15.1. The minimum Gasteiger partial charge on any atom is -0.497 e. The molecule has 1 heterocycles. The molecule has 2 aromatic rings. The van der Waals surface area contributed by atoms with Gasteiger partial charge in [-0.25, -0.2) is 0 Å². The van der Waals surface area contributed by atoms with Gasteiger partial charge >= 0.3 is 0 Å². The molecule has 146 valence electrons. The molecule has 0 bridgehead atoms. The largest absolute Gasteiger partial charge is 0.497 e. The fraction of sp³-hybridized carbons (Fsp3) is 0.238. The number of carbonyl (C=O) groups excluding carboxylic acids is 1. The van der Waals surface area contributed by atoms with E-state index in [1.54, 1.807) is 14.2 Å². The van der Waals surface area contributed by atoms with Crippen molar-refractivity contribution in [1.82, 2.24) is 4.90 Å². The Morgan fingerprint density at radius 1 is 1.04 bits per heavy atom. The van der Waals surface area contributed by atoms with Gasteiger partial charge < -0.3 is 14.2 Å². The lowest BCUT2D eigenvalue weighted by Gasteiger charge is -2.09. The molecular weight excluding hydrogens is 394 g/mol. The van der Waals surface area contributed by atoms with E-state index in [0.717, 1.165) is 29.2 Å². The number of ether oxygens (including phenoxy) is 3. The first-order chi connectivity index (χ1) is 13.6. The molecule has 3 rings (SSSR count). The topological polar surface area (TPSA) is 48.0 Å². The highest BCUT2D eigenvalue weighted by Gasteiger charge is 2.28. The molecule has 1 saturated heterocycles. The van der Waals surface area contributed by atoms with Gasteiger partial charge in [0.15, 0.2) is 0 Å². The van der Waals surface area contributed by atoms with Gasteiger partial charge in [-0.2, -0.15) is 0 Å². The van der Waals surface area contributed by atoms with Gasteiger partial charge in [-0.1, -0.05) is 42.2 Å². The molecule has 0 spiro atoms. The van der Waals surface area contributed by atoms with Crippen LogP contribution < -0.4 is 14.2 Å². The van der Waals surface area contributed by atoms with Gasteiger partial charge in [-0.15, -0.1) is 0 Å². The highest BCUT2D eigenvalue weighted by molar-refractivity contribution is 8.26. The highest BCUT2D eigenvalue weighted by atomic mass is 32.2. The van der Waals surface area contributed by atoms with Crippen LogP contribution >= 0.6 is 24.0 Å². The number of nitrogens with zero attached hydrogens (tertiary/aromatic N) is 1. The van der Waals surface area contributed by atoms with E-state index in [-0.39, 0.29) is 5.91 Å². The highest BCUT2D eigenvalue weighted by Crippen LogP contribution is 2.31. The molecule has 1 aliphatic heterocycles. The fourth-order valence-electron chi connectivity index (χ4n) is 2.52. The summed E-state index contributed by atoms with van der Waals surface area (Å²) in [7, 11) is 3.32. The Labute approximate surface area is 174 Å². The average molecular weight is 416 g/mol. The molecule has 1 aliphatic rings. The summed E-state index contributed by atoms with van der Waals surface area (Å²) < 4.78 is 17.3. The molecule has 0 atom stereocenters. The first-order valence-electron chi connectivity index (χ1n) is 8.78. The van der Waals surface area contributed by atoms with Crippen LogP contribution in [-0.2, 0) is 4.79 Å². The van der Waals surface area contributed by atoms with Gasteiger partial charge in [-0.3, -0.25) is 9.69 Å². The summed E-state index contributed by atoms with van der Waals surface area (Å²) in [5.74, 6) is 2.22. The fourth-order valence-corrected chi connectivity index (χ4v) is 3.70. The molecule has 1 amide bonds. The summed E-state index contributed by atoms with van der Waals surface area (Å²) >= 11 is 6.46. The molecule has 5 nitrogen and oxygen atoms in total. The lowest BCUT2D eigenvalue weighted by molar-refractivity contribution is -0.121. The van der Waals surface area contributed by atoms with Gasteiger partial charge in [0.2, 0.25) is 0 Å². The number of thiocarbonyl (C=S) groups is 1. The average Bonchev–Trinajstić information content (AvgIpc) is 2.95. The zero-order valence-electron chi connectivity index (χ0n) is 15.7. The second kappa shape index (κ2) is 9.61. The van der Waals surface area contributed by atoms with Crippen molar-refractivity contribution in [2.24, 2.45) is 0 Å². The molecule has 0 aromatic heterocycles. The third-order valence-corrected chi connectivity index (χ3v) is 5.49. The third-order valence-electron chi connectivity index (χ3n) is 4.01.